The van der Waals surface area contributed by atoms with E-state index in [1.54, 1.807) is 18.0 Å². The number of hydrogen-bond donors (Lipinski definition) is 0. The summed E-state index contributed by atoms with van der Waals surface area (Å²) in [6, 6.07) is 18.2. The normalized spacial score (nSPS) is 11.0. The average molecular weight is 406 g/mol. The molecule has 0 saturated heterocycles. The van der Waals surface area contributed by atoms with Crippen LogP contribution in [0.3, 0.4) is 0 Å². The number of hydrogen-bond acceptors (Lipinski definition) is 5. The second-order valence-corrected chi connectivity index (χ2v) is 7.71. The Hall–Kier alpha value is -2.99. The molecule has 0 spiro atoms. The summed E-state index contributed by atoms with van der Waals surface area (Å²) in [5.41, 5.74) is 4.81. The van der Waals surface area contributed by atoms with Crippen LogP contribution in [0.2, 0.25) is 0 Å². The standard InChI is InChI=1S/C23H23N3O2S/c1-4-27-20-11-9-19(10-12-20)26-22(21-6-5-13-28-21)24-25-23(26)29-15-18-14-16(2)7-8-17(18)3/h5-14H,4,15H2,1-3H3. The van der Waals surface area contributed by atoms with Crippen molar-refractivity contribution in [3.05, 3.63) is 77.6 Å². The number of thioether (sulfide) groups is 1. The fraction of sp³-hybridized carbons (Fsp3) is 0.217. The van der Waals surface area contributed by atoms with Gasteiger partial charge in [0.05, 0.1) is 18.6 Å². The van der Waals surface area contributed by atoms with Gasteiger partial charge in [0.15, 0.2) is 10.9 Å². The van der Waals surface area contributed by atoms with Crippen molar-refractivity contribution in [1.82, 2.24) is 14.8 Å². The van der Waals surface area contributed by atoms with Crippen LogP contribution in [0.4, 0.5) is 0 Å². The summed E-state index contributed by atoms with van der Waals surface area (Å²) in [4.78, 5) is 0. The first kappa shape index (κ1) is 19.3. The highest BCUT2D eigenvalue weighted by atomic mass is 32.2. The molecule has 4 aromatic rings. The minimum absolute atomic E-state index is 0.639. The lowest BCUT2D eigenvalue weighted by Gasteiger charge is -2.11. The molecule has 6 heteroatoms. The molecule has 0 unspecified atom stereocenters. The molecular weight excluding hydrogens is 382 g/mol. The number of ether oxygens (including phenoxy) is 1. The average Bonchev–Trinajstić information content (AvgIpc) is 3.39. The third kappa shape index (κ3) is 4.22. The van der Waals surface area contributed by atoms with Gasteiger partial charge in [0, 0.05) is 5.75 Å². The van der Waals surface area contributed by atoms with E-state index in [1.807, 2.05) is 47.9 Å². The van der Waals surface area contributed by atoms with Crippen molar-refractivity contribution in [2.45, 2.75) is 31.7 Å². The van der Waals surface area contributed by atoms with Gasteiger partial charge in [0.25, 0.3) is 0 Å². The maximum atomic E-state index is 5.60. The van der Waals surface area contributed by atoms with Crippen LogP contribution in [0.15, 0.2) is 70.4 Å². The van der Waals surface area contributed by atoms with Gasteiger partial charge in [-0.2, -0.15) is 0 Å². The molecule has 0 N–H and O–H groups in total. The summed E-state index contributed by atoms with van der Waals surface area (Å²) in [7, 11) is 0. The highest BCUT2D eigenvalue weighted by Gasteiger charge is 2.18. The van der Waals surface area contributed by atoms with E-state index in [-0.39, 0.29) is 0 Å². The van der Waals surface area contributed by atoms with E-state index in [0.29, 0.717) is 18.2 Å². The first-order chi connectivity index (χ1) is 14.2. The van der Waals surface area contributed by atoms with Crippen molar-refractivity contribution in [2.24, 2.45) is 0 Å². The van der Waals surface area contributed by atoms with Gasteiger partial charge in [-0.1, -0.05) is 35.5 Å². The van der Waals surface area contributed by atoms with E-state index < -0.39 is 0 Å². The quantitative estimate of drug-likeness (QED) is 0.362. The predicted octanol–water partition coefficient (Wildman–Crippen LogP) is 5.84. The van der Waals surface area contributed by atoms with Crippen molar-refractivity contribution < 1.29 is 9.15 Å². The molecule has 0 aliphatic rings. The van der Waals surface area contributed by atoms with E-state index in [4.69, 9.17) is 9.15 Å². The largest absolute Gasteiger partial charge is 0.494 e. The fourth-order valence-electron chi connectivity index (χ4n) is 3.12. The van der Waals surface area contributed by atoms with Gasteiger partial charge in [-0.05, 0) is 68.3 Å². The molecule has 0 aliphatic heterocycles. The first-order valence-corrected chi connectivity index (χ1v) is 10.6. The topological polar surface area (TPSA) is 53.1 Å². The number of rotatable bonds is 7. The Morgan fingerprint density at radius 1 is 1.03 bits per heavy atom. The maximum Gasteiger partial charge on any atom is 0.205 e. The minimum atomic E-state index is 0.639. The Morgan fingerprint density at radius 3 is 2.59 bits per heavy atom. The zero-order valence-corrected chi connectivity index (χ0v) is 17.6. The molecule has 5 nitrogen and oxygen atoms in total. The van der Waals surface area contributed by atoms with Crippen LogP contribution in [0, 0.1) is 13.8 Å². The summed E-state index contributed by atoms with van der Waals surface area (Å²) in [6.07, 6.45) is 1.65. The molecule has 4 rings (SSSR count). The summed E-state index contributed by atoms with van der Waals surface area (Å²) in [5, 5.41) is 9.69. The second kappa shape index (κ2) is 8.57. The fourth-order valence-corrected chi connectivity index (χ4v) is 4.13. The smallest absolute Gasteiger partial charge is 0.205 e. The maximum absolute atomic E-state index is 5.60. The minimum Gasteiger partial charge on any atom is -0.494 e. The molecule has 148 valence electrons. The lowest BCUT2D eigenvalue weighted by atomic mass is 10.1. The molecule has 0 atom stereocenters. The Balaban J connectivity index is 1.69. The van der Waals surface area contributed by atoms with Gasteiger partial charge in [0.1, 0.15) is 5.75 Å². The third-order valence-electron chi connectivity index (χ3n) is 4.64. The summed E-state index contributed by atoms with van der Waals surface area (Å²) < 4.78 is 13.2. The molecule has 0 aliphatic carbocycles. The number of aryl methyl sites for hydroxylation is 2. The van der Waals surface area contributed by atoms with Crippen LogP contribution in [-0.2, 0) is 5.75 Å². The van der Waals surface area contributed by atoms with Crippen LogP contribution in [-0.4, -0.2) is 21.4 Å². The number of nitrogens with zero attached hydrogens (tertiary/aromatic N) is 3. The number of benzene rings is 2. The summed E-state index contributed by atoms with van der Waals surface area (Å²) >= 11 is 1.67. The highest BCUT2D eigenvalue weighted by molar-refractivity contribution is 7.98. The zero-order chi connectivity index (χ0) is 20.2. The van der Waals surface area contributed by atoms with Crippen molar-refractivity contribution in [3.8, 4) is 23.0 Å². The molecule has 0 radical (unpaired) electrons. The molecule has 2 aromatic carbocycles. The van der Waals surface area contributed by atoms with Gasteiger partial charge < -0.3 is 9.15 Å². The van der Waals surface area contributed by atoms with E-state index in [1.165, 1.54) is 16.7 Å². The monoisotopic (exact) mass is 405 g/mol. The van der Waals surface area contributed by atoms with Gasteiger partial charge in [-0.15, -0.1) is 10.2 Å². The lowest BCUT2D eigenvalue weighted by molar-refractivity contribution is 0.340. The number of aromatic nitrogens is 3. The lowest BCUT2D eigenvalue weighted by Crippen LogP contribution is -2.00. The van der Waals surface area contributed by atoms with E-state index in [0.717, 1.165) is 22.3 Å². The Labute approximate surface area is 174 Å². The van der Waals surface area contributed by atoms with Crippen molar-refractivity contribution in [3.63, 3.8) is 0 Å². The van der Waals surface area contributed by atoms with Crippen molar-refractivity contribution >= 4 is 11.8 Å². The van der Waals surface area contributed by atoms with Crippen LogP contribution >= 0.6 is 11.8 Å². The number of furan rings is 1. The molecule has 2 aromatic heterocycles. The molecule has 0 amide bonds. The molecule has 29 heavy (non-hydrogen) atoms. The van der Waals surface area contributed by atoms with Gasteiger partial charge in [-0.3, -0.25) is 4.57 Å². The summed E-state index contributed by atoms with van der Waals surface area (Å²) in [5.74, 6) is 3.03. The van der Waals surface area contributed by atoms with Crippen LogP contribution < -0.4 is 4.74 Å². The second-order valence-electron chi connectivity index (χ2n) is 6.76. The van der Waals surface area contributed by atoms with Crippen LogP contribution in [0.1, 0.15) is 23.6 Å². The van der Waals surface area contributed by atoms with Gasteiger partial charge in [-0.25, -0.2) is 0 Å². The van der Waals surface area contributed by atoms with Crippen LogP contribution in [0.5, 0.6) is 5.75 Å². The van der Waals surface area contributed by atoms with Gasteiger partial charge >= 0.3 is 0 Å². The highest BCUT2D eigenvalue weighted by Crippen LogP contribution is 2.31. The van der Waals surface area contributed by atoms with Crippen molar-refractivity contribution in [1.29, 1.82) is 0 Å². The van der Waals surface area contributed by atoms with E-state index >= 15 is 0 Å². The Morgan fingerprint density at radius 2 is 1.86 bits per heavy atom. The molecule has 0 fully saturated rings. The predicted molar refractivity (Wildman–Crippen MR) is 116 cm³/mol. The molecular formula is C23H23N3O2S. The van der Waals surface area contributed by atoms with Gasteiger partial charge in [0.2, 0.25) is 5.82 Å². The molecule has 0 saturated carbocycles. The Bertz CT molecular complexity index is 1090. The third-order valence-corrected chi connectivity index (χ3v) is 5.62. The summed E-state index contributed by atoms with van der Waals surface area (Å²) in [6.45, 7) is 6.87. The van der Waals surface area contributed by atoms with E-state index in [2.05, 4.69) is 42.2 Å². The Kier molecular flexibility index (Phi) is 5.71. The van der Waals surface area contributed by atoms with E-state index in [9.17, 15) is 0 Å². The van der Waals surface area contributed by atoms with Crippen molar-refractivity contribution in [2.75, 3.05) is 6.61 Å². The molecule has 0 bridgehead atoms. The zero-order valence-electron chi connectivity index (χ0n) is 16.8. The SMILES string of the molecule is CCOc1ccc(-n2c(SCc3cc(C)ccc3C)nnc2-c2ccco2)cc1. The molecule has 2 heterocycles. The van der Waals surface area contributed by atoms with Crippen LogP contribution in [0.25, 0.3) is 17.3 Å². The first-order valence-electron chi connectivity index (χ1n) is 9.57.